The number of nitrogens with zero attached hydrogens (tertiary/aromatic N) is 1. The molecular formula is C15H15ClN2O4S. The SMILES string of the molecule is CC(Cl)S(=O)(=O)Nc1ccc(C(=O)c2cc(C3CC3)on2)cc1. The Morgan fingerprint density at radius 2 is 2.00 bits per heavy atom. The van der Waals surface area contributed by atoms with E-state index in [1.165, 1.54) is 31.2 Å². The summed E-state index contributed by atoms with van der Waals surface area (Å²) >= 11 is 5.59. The molecule has 1 atom stereocenters. The van der Waals surface area contributed by atoms with Crippen molar-refractivity contribution in [3.8, 4) is 0 Å². The highest BCUT2D eigenvalue weighted by Crippen LogP contribution is 2.40. The van der Waals surface area contributed by atoms with Crippen molar-refractivity contribution in [2.24, 2.45) is 0 Å². The monoisotopic (exact) mass is 354 g/mol. The maximum atomic E-state index is 12.3. The number of hydrogen-bond donors (Lipinski definition) is 1. The Bertz CT molecular complexity index is 823. The van der Waals surface area contributed by atoms with Crippen LogP contribution in [0.25, 0.3) is 0 Å². The van der Waals surface area contributed by atoms with Gasteiger partial charge in [-0.05, 0) is 44.0 Å². The highest BCUT2D eigenvalue weighted by atomic mass is 35.5. The molecule has 2 aromatic rings. The summed E-state index contributed by atoms with van der Waals surface area (Å²) in [4.78, 5) is 12.3. The number of carbonyl (C=O) groups is 1. The smallest absolute Gasteiger partial charge is 0.249 e. The molecular weight excluding hydrogens is 340 g/mol. The molecule has 3 rings (SSSR count). The zero-order valence-electron chi connectivity index (χ0n) is 12.3. The Morgan fingerprint density at radius 1 is 1.35 bits per heavy atom. The average molecular weight is 355 g/mol. The van der Waals surface area contributed by atoms with Gasteiger partial charge >= 0.3 is 0 Å². The van der Waals surface area contributed by atoms with E-state index in [2.05, 4.69) is 9.88 Å². The first kappa shape index (κ1) is 16.0. The van der Waals surface area contributed by atoms with Crippen LogP contribution < -0.4 is 4.72 Å². The van der Waals surface area contributed by atoms with Crippen LogP contribution in [-0.2, 0) is 10.0 Å². The molecule has 0 spiro atoms. The third-order valence-corrected chi connectivity index (χ3v) is 5.65. The van der Waals surface area contributed by atoms with Gasteiger partial charge in [-0.3, -0.25) is 9.52 Å². The lowest BCUT2D eigenvalue weighted by molar-refractivity contribution is 0.103. The molecule has 0 saturated heterocycles. The second-order valence-corrected chi connectivity index (χ2v) is 8.40. The lowest BCUT2D eigenvalue weighted by Gasteiger charge is -2.09. The molecule has 8 heteroatoms. The highest BCUT2D eigenvalue weighted by Gasteiger charge is 2.29. The van der Waals surface area contributed by atoms with Crippen LogP contribution >= 0.6 is 11.6 Å². The van der Waals surface area contributed by atoms with Gasteiger partial charge in [0.15, 0.2) is 10.4 Å². The van der Waals surface area contributed by atoms with Gasteiger partial charge in [-0.2, -0.15) is 0 Å². The van der Waals surface area contributed by atoms with E-state index in [9.17, 15) is 13.2 Å². The molecule has 1 N–H and O–H groups in total. The molecule has 23 heavy (non-hydrogen) atoms. The van der Waals surface area contributed by atoms with Gasteiger partial charge in [-0.25, -0.2) is 8.42 Å². The van der Waals surface area contributed by atoms with Crippen molar-refractivity contribution >= 4 is 33.1 Å². The summed E-state index contributed by atoms with van der Waals surface area (Å²) in [5.74, 6) is 0.868. The minimum absolute atomic E-state index is 0.259. The third kappa shape index (κ3) is 3.56. The predicted octanol–water partition coefficient (Wildman–Crippen LogP) is 3.11. The van der Waals surface area contributed by atoms with Gasteiger partial charge in [0.05, 0.1) is 0 Å². The summed E-state index contributed by atoms with van der Waals surface area (Å²) in [6.45, 7) is 1.36. The fourth-order valence-electron chi connectivity index (χ4n) is 2.04. The standard InChI is InChI=1S/C15H15ClN2O4S/c1-9(16)23(20,21)18-12-6-4-11(5-7-12)15(19)13-8-14(22-17-13)10-2-3-10/h4-10,18H,2-3H2,1H3. The first-order chi connectivity index (χ1) is 10.9. The van der Waals surface area contributed by atoms with Crippen molar-refractivity contribution in [3.05, 3.63) is 47.3 Å². The summed E-state index contributed by atoms with van der Waals surface area (Å²) in [6, 6.07) is 7.75. The van der Waals surface area contributed by atoms with Gasteiger partial charge in [0.2, 0.25) is 15.8 Å². The summed E-state index contributed by atoms with van der Waals surface area (Å²) < 4.78 is 29.8. The average Bonchev–Trinajstić information content (AvgIpc) is 3.24. The summed E-state index contributed by atoms with van der Waals surface area (Å²) in [6.07, 6.45) is 2.13. The number of alkyl halides is 1. The number of sulfonamides is 1. The number of aromatic nitrogens is 1. The molecule has 122 valence electrons. The van der Waals surface area contributed by atoms with E-state index in [0.717, 1.165) is 18.6 Å². The van der Waals surface area contributed by atoms with Crippen LogP contribution in [0.4, 0.5) is 5.69 Å². The van der Waals surface area contributed by atoms with Gasteiger partial charge in [0.25, 0.3) is 0 Å². The first-order valence-corrected chi connectivity index (χ1v) is 9.12. The normalized spacial score (nSPS) is 16.1. The van der Waals surface area contributed by atoms with Gasteiger partial charge in [0, 0.05) is 23.2 Å². The summed E-state index contributed by atoms with van der Waals surface area (Å²) in [5, 5.41) is 3.81. The lowest BCUT2D eigenvalue weighted by atomic mass is 10.1. The van der Waals surface area contributed by atoms with E-state index in [-0.39, 0.29) is 11.5 Å². The van der Waals surface area contributed by atoms with E-state index in [0.29, 0.717) is 17.2 Å². The topological polar surface area (TPSA) is 89.3 Å². The lowest BCUT2D eigenvalue weighted by Crippen LogP contribution is -2.20. The minimum Gasteiger partial charge on any atom is -0.360 e. The number of hydrogen-bond acceptors (Lipinski definition) is 5. The molecule has 1 unspecified atom stereocenters. The van der Waals surface area contributed by atoms with Crippen molar-refractivity contribution in [1.82, 2.24) is 5.16 Å². The Hall–Kier alpha value is -1.86. The van der Waals surface area contributed by atoms with E-state index in [4.69, 9.17) is 16.1 Å². The van der Waals surface area contributed by atoms with Crippen molar-refractivity contribution < 1.29 is 17.7 Å². The van der Waals surface area contributed by atoms with Gasteiger partial charge in [-0.1, -0.05) is 5.16 Å². The number of benzene rings is 1. The summed E-state index contributed by atoms with van der Waals surface area (Å²) in [7, 11) is -3.63. The number of nitrogens with one attached hydrogen (secondary N) is 1. The second-order valence-electron chi connectivity index (χ2n) is 5.49. The zero-order valence-corrected chi connectivity index (χ0v) is 13.9. The fraction of sp³-hybridized carbons (Fsp3) is 0.333. The van der Waals surface area contributed by atoms with Crippen molar-refractivity contribution in [3.63, 3.8) is 0 Å². The van der Waals surface area contributed by atoms with Crippen LogP contribution in [-0.4, -0.2) is 24.1 Å². The van der Waals surface area contributed by atoms with Crippen LogP contribution in [0, 0.1) is 0 Å². The fourth-order valence-corrected chi connectivity index (χ4v) is 2.80. The minimum atomic E-state index is -3.63. The number of ketones is 1. The second kappa shape index (κ2) is 5.98. The third-order valence-electron chi connectivity index (χ3n) is 3.58. The molecule has 0 radical (unpaired) electrons. The van der Waals surface area contributed by atoms with E-state index in [1.54, 1.807) is 6.07 Å². The van der Waals surface area contributed by atoms with E-state index in [1.807, 2.05) is 0 Å². The molecule has 1 aliphatic rings. The van der Waals surface area contributed by atoms with Gasteiger partial charge in [-0.15, -0.1) is 11.6 Å². The van der Waals surface area contributed by atoms with Gasteiger partial charge < -0.3 is 4.52 Å². The van der Waals surface area contributed by atoms with E-state index >= 15 is 0 Å². The summed E-state index contributed by atoms with van der Waals surface area (Å²) in [5.41, 5.74) is 1.00. The highest BCUT2D eigenvalue weighted by molar-refractivity contribution is 7.94. The quantitative estimate of drug-likeness (QED) is 0.636. The molecule has 6 nitrogen and oxygen atoms in total. The molecule has 0 aliphatic heterocycles. The number of anilines is 1. The first-order valence-electron chi connectivity index (χ1n) is 7.14. The largest absolute Gasteiger partial charge is 0.360 e. The Kier molecular flexibility index (Phi) is 4.16. The van der Waals surface area contributed by atoms with Crippen molar-refractivity contribution in [1.29, 1.82) is 0 Å². The van der Waals surface area contributed by atoms with Crippen LogP contribution in [0.15, 0.2) is 34.9 Å². The number of rotatable bonds is 6. The maximum absolute atomic E-state index is 12.3. The van der Waals surface area contributed by atoms with Crippen LogP contribution in [0.3, 0.4) is 0 Å². The molecule has 0 bridgehead atoms. The molecule has 1 heterocycles. The van der Waals surface area contributed by atoms with Crippen molar-refractivity contribution in [2.75, 3.05) is 4.72 Å². The molecule has 1 aliphatic carbocycles. The Balaban J connectivity index is 1.74. The number of halogens is 1. The Morgan fingerprint density at radius 3 is 2.57 bits per heavy atom. The van der Waals surface area contributed by atoms with Crippen LogP contribution in [0.5, 0.6) is 0 Å². The molecule has 1 saturated carbocycles. The molecule has 1 aromatic carbocycles. The van der Waals surface area contributed by atoms with Crippen LogP contribution in [0.1, 0.15) is 47.5 Å². The molecule has 1 fully saturated rings. The maximum Gasteiger partial charge on any atom is 0.249 e. The van der Waals surface area contributed by atoms with Crippen LogP contribution in [0.2, 0.25) is 0 Å². The molecule has 0 amide bonds. The molecule has 1 aromatic heterocycles. The van der Waals surface area contributed by atoms with E-state index < -0.39 is 14.7 Å². The number of carbonyl (C=O) groups excluding carboxylic acids is 1. The Labute approximate surface area is 138 Å². The zero-order chi connectivity index (χ0) is 16.6. The van der Waals surface area contributed by atoms with Gasteiger partial charge in [0.1, 0.15) is 5.76 Å². The van der Waals surface area contributed by atoms with Crippen molar-refractivity contribution in [2.45, 2.75) is 30.4 Å². The predicted molar refractivity (Wildman–Crippen MR) is 86.2 cm³/mol.